The summed E-state index contributed by atoms with van der Waals surface area (Å²) >= 11 is 0. The van der Waals surface area contributed by atoms with Gasteiger partial charge in [-0.2, -0.15) is 0 Å². The summed E-state index contributed by atoms with van der Waals surface area (Å²) in [5.74, 6) is -0.655. The van der Waals surface area contributed by atoms with Crippen molar-refractivity contribution < 1.29 is 9.59 Å². The Morgan fingerprint density at radius 2 is 1.32 bits per heavy atom. The second-order valence-electron chi connectivity index (χ2n) is 8.28. The van der Waals surface area contributed by atoms with Crippen LogP contribution in [-0.2, 0) is 9.59 Å². The average molecular weight is 411 g/mol. The lowest BCUT2D eigenvalue weighted by Crippen LogP contribution is -2.33. The van der Waals surface area contributed by atoms with Gasteiger partial charge in [-0.05, 0) is 75.1 Å². The van der Waals surface area contributed by atoms with Gasteiger partial charge >= 0.3 is 0 Å². The molecular weight excluding hydrogens is 384 g/mol. The Morgan fingerprint density at radius 3 is 1.97 bits per heavy atom. The maximum Gasteiger partial charge on any atom is 0.282 e. The first kappa shape index (κ1) is 20.6. The zero-order valence-corrected chi connectivity index (χ0v) is 18.5. The summed E-state index contributed by atoms with van der Waals surface area (Å²) in [4.78, 5) is 28.4. The van der Waals surface area contributed by atoms with E-state index in [1.54, 1.807) is 0 Å². The van der Waals surface area contributed by atoms with Crippen LogP contribution in [0.3, 0.4) is 0 Å². The number of amides is 2. The highest BCUT2D eigenvalue weighted by Crippen LogP contribution is 2.35. The van der Waals surface area contributed by atoms with Crippen molar-refractivity contribution in [1.29, 1.82) is 0 Å². The molecular formula is C27H26N2O2. The maximum absolute atomic E-state index is 13.6. The van der Waals surface area contributed by atoms with Crippen LogP contribution in [0.5, 0.6) is 0 Å². The number of nitrogens with zero attached hydrogens (tertiary/aromatic N) is 1. The third-order valence-corrected chi connectivity index (χ3v) is 5.79. The van der Waals surface area contributed by atoms with Crippen LogP contribution in [-0.4, -0.2) is 11.8 Å². The Morgan fingerprint density at radius 1 is 0.645 bits per heavy atom. The first-order chi connectivity index (χ1) is 14.8. The molecule has 156 valence electrons. The molecule has 0 spiro atoms. The first-order valence-electron chi connectivity index (χ1n) is 10.4. The van der Waals surface area contributed by atoms with E-state index in [0.717, 1.165) is 33.5 Å². The lowest BCUT2D eigenvalue weighted by atomic mass is 10.0. The molecule has 3 aromatic carbocycles. The summed E-state index contributed by atoms with van der Waals surface area (Å²) < 4.78 is 0. The summed E-state index contributed by atoms with van der Waals surface area (Å²) in [5.41, 5.74) is 8.17. The van der Waals surface area contributed by atoms with Crippen molar-refractivity contribution in [3.63, 3.8) is 0 Å². The number of anilines is 2. The third kappa shape index (κ3) is 3.77. The number of hydrogen-bond donors (Lipinski definition) is 1. The van der Waals surface area contributed by atoms with Crippen molar-refractivity contribution in [2.75, 3.05) is 10.2 Å². The maximum atomic E-state index is 13.6. The van der Waals surface area contributed by atoms with Crippen molar-refractivity contribution in [2.24, 2.45) is 0 Å². The molecule has 0 atom stereocenters. The highest BCUT2D eigenvalue weighted by Gasteiger charge is 2.40. The number of rotatable bonds is 4. The number of nitrogens with one attached hydrogen (secondary N) is 1. The van der Waals surface area contributed by atoms with Gasteiger partial charge in [-0.3, -0.25) is 9.59 Å². The van der Waals surface area contributed by atoms with E-state index >= 15 is 0 Å². The minimum atomic E-state index is -0.342. The zero-order valence-electron chi connectivity index (χ0n) is 18.5. The monoisotopic (exact) mass is 410 g/mol. The molecule has 4 heteroatoms. The summed E-state index contributed by atoms with van der Waals surface area (Å²) in [6, 6.07) is 19.4. The van der Waals surface area contributed by atoms with Gasteiger partial charge in [0.2, 0.25) is 0 Å². The number of aryl methyl sites for hydroxylation is 5. The SMILES string of the molecule is Cc1ccc(C2=C(Nc3ccc(C)c(C)c3)C(=O)N(c3ccc(C)cc3C)C2=O)cc1. The second kappa shape index (κ2) is 7.88. The van der Waals surface area contributed by atoms with E-state index in [4.69, 9.17) is 0 Å². The van der Waals surface area contributed by atoms with Crippen molar-refractivity contribution in [1.82, 2.24) is 0 Å². The van der Waals surface area contributed by atoms with Gasteiger partial charge in [0, 0.05) is 5.69 Å². The van der Waals surface area contributed by atoms with E-state index in [2.05, 4.69) is 5.32 Å². The second-order valence-corrected chi connectivity index (χ2v) is 8.28. The van der Waals surface area contributed by atoms with Gasteiger partial charge in [0.05, 0.1) is 11.3 Å². The Labute approximate surface area is 183 Å². The molecule has 0 saturated carbocycles. The molecule has 0 aromatic heterocycles. The van der Waals surface area contributed by atoms with E-state index in [1.165, 1.54) is 10.5 Å². The molecule has 1 aliphatic heterocycles. The van der Waals surface area contributed by atoms with Crippen LogP contribution in [0, 0.1) is 34.6 Å². The van der Waals surface area contributed by atoms with E-state index < -0.39 is 0 Å². The number of carbonyl (C=O) groups is 2. The quantitative estimate of drug-likeness (QED) is 0.568. The largest absolute Gasteiger partial charge is 0.350 e. The Balaban J connectivity index is 1.84. The van der Waals surface area contributed by atoms with Crippen molar-refractivity contribution in [2.45, 2.75) is 34.6 Å². The highest BCUT2D eigenvalue weighted by atomic mass is 16.2. The molecule has 0 bridgehead atoms. The van der Waals surface area contributed by atoms with Crippen LogP contribution < -0.4 is 10.2 Å². The Kier molecular flexibility index (Phi) is 5.24. The van der Waals surface area contributed by atoms with Crippen LogP contribution in [0.1, 0.15) is 33.4 Å². The van der Waals surface area contributed by atoms with E-state index in [-0.39, 0.29) is 11.8 Å². The van der Waals surface area contributed by atoms with Crippen LogP contribution in [0.2, 0.25) is 0 Å². The molecule has 0 saturated heterocycles. The summed E-state index contributed by atoms with van der Waals surface area (Å²) in [6.45, 7) is 9.98. The van der Waals surface area contributed by atoms with E-state index in [0.29, 0.717) is 17.0 Å². The summed E-state index contributed by atoms with van der Waals surface area (Å²) in [7, 11) is 0. The lowest BCUT2D eigenvalue weighted by molar-refractivity contribution is -0.120. The fourth-order valence-electron chi connectivity index (χ4n) is 3.87. The van der Waals surface area contributed by atoms with E-state index in [9.17, 15) is 9.59 Å². The standard InChI is InChI=1S/C27H26N2O2/c1-16-6-10-21(11-7-16)24-25(28-22-12-9-18(3)19(4)15-22)27(31)29(26(24)30)23-13-8-17(2)14-20(23)5/h6-15,28H,1-5H3. The van der Waals surface area contributed by atoms with Gasteiger partial charge in [-0.25, -0.2) is 4.90 Å². The average Bonchev–Trinajstić information content (AvgIpc) is 2.96. The minimum Gasteiger partial charge on any atom is -0.350 e. The van der Waals surface area contributed by atoms with E-state index in [1.807, 2.05) is 95.3 Å². The van der Waals surface area contributed by atoms with Gasteiger partial charge in [0.1, 0.15) is 5.70 Å². The van der Waals surface area contributed by atoms with Crippen LogP contribution in [0.15, 0.2) is 66.4 Å². The molecule has 0 radical (unpaired) electrons. The topological polar surface area (TPSA) is 49.4 Å². The molecule has 3 aromatic rings. The summed E-state index contributed by atoms with van der Waals surface area (Å²) in [5, 5.41) is 3.25. The van der Waals surface area contributed by atoms with Crippen molar-refractivity contribution in [3.05, 3.63) is 99.7 Å². The molecule has 1 heterocycles. The van der Waals surface area contributed by atoms with Crippen molar-refractivity contribution in [3.8, 4) is 0 Å². The fourth-order valence-corrected chi connectivity index (χ4v) is 3.87. The van der Waals surface area contributed by atoms with Crippen molar-refractivity contribution >= 4 is 28.8 Å². The Bertz CT molecular complexity index is 1240. The highest BCUT2D eigenvalue weighted by molar-refractivity contribution is 6.46. The molecule has 0 aliphatic carbocycles. The van der Waals surface area contributed by atoms with Gasteiger partial charge in [0.25, 0.3) is 11.8 Å². The van der Waals surface area contributed by atoms with Crippen LogP contribution in [0.4, 0.5) is 11.4 Å². The molecule has 4 rings (SSSR count). The molecule has 0 fully saturated rings. The number of benzene rings is 3. The first-order valence-corrected chi connectivity index (χ1v) is 10.4. The normalized spacial score (nSPS) is 13.9. The predicted molar refractivity (Wildman–Crippen MR) is 126 cm³/mol. The van der Waals surface area contributed by atoms with Crippen LogP contribution in [0.25, 0.3) is 5.57 Å². The predicted octanol–water partition coefficient (Wildman–Crippen LogP) is 5.63. The fraction of sp³-hybridized carbons (Fsp3) is 0.185. The zero-order chi connectivity index (χ0) is 22.3. The molecule has 2 amide bonds. The molecule has 31 heavy (non-hydrogen) atoms. The third-order valence-electron chi connectivity index (χ3n) is 5.79. The smallest absolute Gasteiger partial charge is 0.282 e. The van der Waals surface area contributed by atoms with Gasteiger partial charge in [-0.15, -0.1) is 0 Å². The van der Waals surface area contributed by atoms with Gasteiger partial charge in [0.15, 0.2) is 0 Å². The molecule has 1 N–H and O–H groups in total. The summed E-state index contributed by atoms with van der Waals surface area (Å²) in [6.07, 6.45) is 0. The lowest BCUT2D eigenvalue weighted by Gasteiger charge is -2.18. The molecule has 1 aliphatic rings. The van der Waals surface area contributed by atoms with Gasteiger partial charge < -0.3 is 5.32 Å². The molecule has 0 unspecified atom stereocenters. The number of imide groups is 1. The van der Waals surface area contributed by atoms with Gasteiger partial charge in [-0.1, -0.05) is 53.6 Å². The Hall–Kier alpha value is -3.66. The number of hydrogen-bond acceptors (Lipinski definition) is 3. The minimum absolute atomic E-state index is 0.303. The molecule has 4 nitrogen and oxygen atoms in total. The van der Waals surface area contributed by atoms with Crippen LogP contribution >= 0.6 is 0 Å². The number of carbonyl (C=O) groups excluding carboxylic acids is 2.